The number of nitrogens with zero attached hydrogens (tertiary/aromatic N) is 2. The molecule has 186 valence electrons. The fourth-order valence-electron chi connectivity index (χ4n) is 1.48. The van der Waals surface area contributed by atoms with Crippen molar-refractivity contribution in [2.24, 2.45) is 0 Å². The van der Waals surface area contributed by atoms with Crippen LogP contribution < -0.4 is 44.9 Å². The normalized spacial score (nSPS) is 8.50. The molecule has 0 aromatic rings. The van der Waals surface area contributed by atoms with Crippen molar-refractivity contribution in [3.63, 3.8) is 0 Å². The minimum atomic E-state index is -1.23. The summed E-state index contributed by atoms with van der Waals surface area (Å²) in [6.07, 6.45) is 0. The number of carbonyl (C=O) groups excluding carboxylic acids is 3. The van der Waals surface area contributed by atoms with Crippen LogP contribution in [0.25, 0.3) is 0 Å². The zero-order chi connectivity index (χ0) is 26.4. The Hall–Kier alpha value is -2.17. The molecule has 0 aliphatic carbocycles. The van der Waals surface area contributed by atoms with Crippen molar-refractivity contribution in [1.82, 2.24) is 9.80 Å². The Morgan fingerprint density at radius 2 is 0.647 bits per heavy atom. The van der Waals surface area contributed by atoms with E-state index in [-0.39, 0.29) is 62.1 Å². The van der Waals surface area contributed by atoms with Gasteiger partial charge in [-0.3, -0.25) is 29.0 Å². The second-order valence-electron chi connectivity index (χ2n) is 5.47. The molecule has 0 aliphatic rings. The van der Waals surface area contributed by atoms with Gasteiger partial charge in [-0.05, 0) is 20.8 Å². The molecule has 18 heteroatoms. The first-order valence-electron chi connectivity index (χ1n) is 8.25. The molecular weight excluding hydrogens is 533 g/mol. The standard InChI is InChI=1S/C10H16N2O8.3C2H4O2.Na.Zn/c13-7(14)3-11(4-8(15)16)1-2-12(5-9(17)18)6-10(19)20;3*1-2(3)4;;/h1-6H2,(H,13,14)(H,15,16)(H,17,18)(H,19,20);3*1H3,(H,3,4);;/q;;;;+1;+2/p-3. The molecular formula is C16H25N2NaO14Zn. The van der Waals surface area contributed by atoms with Gasteiger partial charge < -0.3 is 50.1 Å². The second-order valence-corrected chi connectivity index (χ2v) is 5.47. The summed E-state index contributed by atoms with van der Waals surface area (Å²) in [5, 5.41) is 61.1. The molecule has 0 unspecified atom stereocenters. The Morgan fingerprint density at radius 3 is 0.735 bits per heavy atom. The average molecular weight is 558 g/mol. The second kappa shape index (κ2) is 28.9. The van der Waals surface area contributed by atoms with Crippen molar-refractivity contribution < 1.29 is 118 Å². The van der Waals surface area contributed by atoms with Crippen LogP contribution in [0, 0.1) is 0 Å². The molecule has 0 bridgehead atoms. The molecule has 0 aromatic carbocycles. The van der Waals surface area contributed by atoms with E-state index in [2.05, 4.69) is 0 Å². The maximum Gasteiger partial charge on any atom is 2.00 e. The summed E-state index contributed by atoms with van der Waals surface area (Å²) in [6.45, 7) is 0.666. The molecule has 0 saturated carbocycles. The van der Waals surface area contributed by atoms with Gasteiger partial charge in [-0.2, -0.15) is 0 Å². The number of hydrogen-bond donors (Lipinski definition) is 4. The third kappa shape index (κ3) is 69.9. The van der Waals surface area contributed by atoms with Gasteiger partial charge in [0.2, 0.25) is 0 Å². The Morgan fingerprint density at radius 1 is 0.529 bits per heavy atom. The first kappa shape index (κ1) is 45.3. The van der Waals surface area contributed by atoms with Gasteiger partial charge in [0.15, 0.2) is 0 Å². The predicted octanol–water partition coefficient (Wildman–Crippen LogP) is -8.80. The minimum absolute atomic E-state index is 0. The van der Waals surface area contributed by atoms with Crippen molar-refractivity contribution in [1.29, 1.82) is 0 Å². The maximum absolute atomic E-state index is 10.6. The van der Waals surface area contributed by atoms with Crippen molar-refractivity contribution in [3.8, 4) is 0 Å². The van der Waals surface area contributed by atoms with Gasteiger partial charge >= 0.3 is 72.9 Å². The van der Waals surface area contributed by atoms with E-state index in [0.717, 1.165) is 30.6 Å². The fourth-order valence-corrected chi connectivity index (χ4v) is 1.48. The maximum atomic E-state index is 10.6. The molecule has 0 aromatic heterocycles. The van der Waals surface area contributed by atoms with E-state index in [1.54, 1.807) is 0 Å². The number of hydrogen-bond acceptors (Lipinski definition) is 12. The Balaban J connectivity index is -0.000000116. The van der Waals surface area contributed by atoms with Crippen LogP contribution in [0.2, 0.25) is 0 Å². The van der Waals surface area contributed by atoms with Crippen molar-refractivity contribution in [2.75, 3.05) is 39.3 Å². The van der Waals surface area contributed by atoms with Gasteiger partial charge in [0.1, 0.15) is 0 Å². The number of carboxylic acids is 7. The molecule has 4 N–H and O–H groups in total. The smallest absolute Gasteiger partial charge is 0.550 e. The van der Waals surface area contributed by atoms with Crippen LogP contribution in [0.15, 0.2) is 0 Å². The van der Waals surface area contributed by atoms with Crippen LogP contribution in [-0.4, -0.2) is 111 Å². The molecule has 0 heterocycles. The molecule has 0 saturated heterocycles. The summed E-state index contributed by atoms with van der Waals surface area (Å²) in [4.78, 5) is 71.0. The quantitative estimate of drug-likeness (QED) is 0.171. The SMILES string of the molecule is CC(=O)[O-].CC(=O)[O-].CC(=O)[O-].O=C(O)CN(CCN(CC(=O)O)CC(=O)O)CC(=O)O.[Na+].[Zn+2]. The average Bonchev–Trinajstić information content (AvgIpc) is 2.48. The largest absolute Gasteiger partial charge is 2.00 e. The van der Waals surface area contributed by atoms with E-state index in [1.807, 2.05) is 0 Å². The van der Waals surface area contributed by atoms with Gasteiger partial charge in [-0.25, -0.2) is 0 Å². The predicted molar refractivity (Wildman–Crippen MR) is 95.5 cm³/mol. The van der Waals surface area contributed by atoms with Gasteiger partial charge in [-0.1, -0.05) is 0 Å². The van der Waals surface area contributed by atoms with E-state index in [4.69, 9.17) is 50.1 Å². The Kier molecular flexibility index (Phi) is 38.5. The summed E-state index contributed by atoms with van der Waals surface area (Å²) in [7, 11) is 0. The number of rotatable bonds is 11. The van der Waals surface area contributed by atoms with E-state index in [0.29, 0.717) is 0 Å². The number of carbonyl (C=O) groups is 7. The molecule has 0 amide bonds. The van der Waals surface area contributed by atoms with Gasteiger partial charge in [0.05, 0.1) is 26.2 Å². The summed E-state index contributed by atoms with van der Waals surface area (Å²) in [5.41, 5.74) is 0. The summed E-state index contributed by atoms with van der Waals surface area (Å²) >= 11 is 0. The first-order valence-corrected chi connectivity index (χ1v) is 8.25. The molecule has 0 fully saturated rings. The van der Waals surface area contributed by atoms with Gasteiger partial charge in [-0.15, -0.1) is 0 Å². The van der Waals surface area contributed by atoms with Crippen LogP contribution in [0.4, 0.5) is 0 Å². The van der Waals surface area contributed by atoms with Gasteiger partial charge in [0.25, 0.3) is 0 Å². The minimum Gasteiger partial charge on any atom is -0.550 e. The van der Waals surface area contributed by atoms with E-state index >= 15 is 0 Å². The van der Waals surface area contributed by atoms with Crippen LogP contribution in [0.5, 0.6) is 0 Å². The molecule has 0 radical (unpaired) electrons. The van der Waals surface area contributed by atoms with E-state index in [1.165, 1.54) is 0 Å². The topological polar surface area (TPSA) is 276 Å². The molecule has 0 rings (SSSR count). The van der Waals surface area contributed by atoms with Crippen molar-refractivity contribution >= 4 is 41.8 Å². The van der Waals surface area contributed by atoms with Crippen LogP contribution in [0.1, 0.15) is 20.8 Å². The van der Waals surface area contributed by atoms with Crippen LogP contribution in [0.3, 0.4) is 0 Å². The third-order valence-corrected chi connectivity index (χ3v) is 2.17. The monoisotopic (exact) mass is 556 g/mol. The van der Waals surface area contributed by atoms with Crippen molar-refractivity contribution in [3.05, 3.63) is 0 Å². The molecule has 34 heavy (non-hydrogen) atoms. The Labute approximate surface area is 229 Å². The van der Waals surface area contributed by atoms with E-state index in [9.17, 15) is 19.2 Å². The van der Waals surface area contributed by atoms with E-state index < -0.39 is 68.0 Å². The van der Waals surface area contributed by atoms with Gasteiger partial charge in [0, 0.05) is 31.0 Å². The summed E-state index contributed by atoms with van der Waals surface area (Å²) in [6, 6.07) is 0. The molecule has 0 aliphatic heterocycles. The van der Waals surface area contributed by atoms with Crippen LogP contribution in [-0.2, 0) is 53.0 Å². The zero-order valence-electron chi connectivity index (χ0n) is 19.2. The fraction of sp³-hybridized carbons (Fsp3) is 0.562. The van der Waals surface area contributed by atoms with Crippen LogP contribution >= 0.6 is 0 Å². The summed E-state index contributed by atoms with van der Waals surface area (Å²) in [5.74, 6) is -8.16. The first-order chi connectivity index (χ1) is 14.4. The molecule has 0 atom stereocenters. The summed E-state index contributed by atoms with van der Waals surface area (Å²) < 4.78 is 0. The van der Waals surface area contributed by atoms with Crippen molar-refractivity contribution in [2.45, 2.75) is 20.8 Å². The number of aliphatic carboxylic acids is 7. The molecule has 16 nitrogen and oxygen atoms in total. The Bertz CT molecular complexity index is 539. The number of carboxylic acid groups (broad SMARTS) is 7. The third-order valence-electron chi connectivity index (χ3n) is 2.17. The zero-order valence-corrected chi connectivity index (χ0v) is 24.2. The molecule has 0 spiro atoms.